The van der Waals surface area contributed by atoms with E-state index in [2.05, 4.69) is 4.98 Å². The largest absolute Gasteiger partial charge is 0.292 e. The fraction of sp³-hybridized carbons (Fsp3) is 0.250. The van der Waals surface area contributed by atoms with E-state index in [1.807, 2.05) is 51.1 Å². The molecule has 2 rings (SSSR count). The smallest absolute Gasteiger partial charge is 0.185 e. The number of hydrogen-bond acceptors (Lipinski definition) is 2. The molecule has 1 aromatic heterocycles. The third-order valence-corrected chi connectivity index (χ3v) is 3.18. The van der Waals surface area contributed by atoms with Gasteiger partial charge in [0.1, 0.15) is 5.69 Å². The van der Waals surface area contributed by atoms with Crippen LogP contribution in [0.2, 0.25) is 0 Å². The van der Waals surface area contributed by atoms with E-state index in [1.165, 1.54) is 0 Å². The second-order valence-electron chi connectivity index (χ2n) is 4.69. The molecule has 0 spiro atoms. The summed E-state index contributed by atoms with van der Waals surface area (Å²) in [7, 11) is 0. The molecule has 0 bridgehead atoms. The fourth-order valence-electron chi connectivity index (χ4n) is 2.07. The molecule has 0 atom stereocenters. The molecule has 0 saturated heterocycles. The van der Waals surface area contributed by atoms with E-state index < -0.39 is 0 Å². The standard InChI is InChI=1S/C16H17NO/c1-11-7-8-17-15(9-11)16(18)10-14-12(2)5-4-6-13(14)3/h4-9H,10H2,1-3H3. The summed E-state index contributed by atoms with van der Waals surface area (Å²) in [6, 6.07) is 9.84. The summed E-state index contributed by atoms with van der Waals surface area (Å²) in [6.07, 6.45) is 2.11. The lowest BCUT2D eigenvalue weighted by atomic mass is 9.97. The molecule has 18 heavy (non-hydrogen) atoms. The van der Waals surface area contributed by atoms with Gasteiger partial charge in [-0.2, -0.15) is 0 Å². The van der Waals surface area contributed by atoms with Crippen molar-refractivity contribution in [2.24, 2.45) is 0 Å². The minimum atomic E-state index is 0.0797. The summed E-state index contributed by atoms with van der Waals surface area (Å²) in [5.41, 5.74) is 5.06. The first-order valence-electron chi connectivity index (χ1n) is 6.09. The minimum Gasteiger partial charge on any atom is -0.292 e. The number of benzene rings is 1. The zero-order valence-corrected chi connectivity index (χ0v) is 11.0. The number of nitrogens with zero attached hydrogens (tertiary/aromatic N) is 1. The second kappa shape index (κ2) is 5.13. The van der Waals surface area contributed by atoms with Gasteiger partial charge >= 0.3 is 0 Å². The predicted octanol–water partition coefficient (Wildman–Crippen LogP) is 3.43. The van der Waals surface area contributed by atoms with Gasteiger partial charge in [-0.25, -0.2) is 0 Å². The molecule has 0 unspecified atom stereocenters. The number of ketones is 1. The van der Waals surface area contributed by atoms with Crippen LogP contribution >= 0.6 is 0 Å². The predicted molar refractivity (Wildman–Crippen MR) is 72.9 cm³/mol. The van der Waals surface area contributed by atoms with E-state index in [4.69, 9.17) is 0 Å². The Morgan fingerprint density at radius 1 is 1.11 bits per heavy atom. The van der Waals surface area contributed by atoms with Gasteiger partial charge in [0.05, 0.1) is 0 Å². The van der Waals surface area contributed by atoms with Crippen LogP contribution in [0.15, 0.2) is 36.5 Å². The van der Waals surface area contributed by atoms with Crippen LogP contribution in [-0.4, -0.2) is 10.8 Å². The van der Waals surface area contributed by atoms with Crippen molar-refractivity contribution in [1.29, 1.82) is 0 Å². The first-order chi connectivity index (χ1) is 8.58. The highest BCUT2D eigenvalue weighted by Gasteiger charge is 2.11. The minimum absolute atomic E-state index is 0.0797. The number of hydrogen-bond donors (Lipinski definition) is 0. The lowest BCUT2D eigenvalue weighted by Gasteiger charge is -2.08. The third kappa shape index (κ3) is 2.65. The molecule has 92 valence electrons. The number of aromatic nitrogens is 1. The Labute approximate surface area is 108 Å². The first kappa shape index (κ1) is 12.5. The molecule has 0 aliphatic heterocycles. The van der Waals surface area contributed by atoms with E-state index in [0.29, 0.717) is 12.1 Å². The van der Waals surface area contributed by atoms with Crippen LogP contribution in [0.1, 0.15) is 32.7 Å². The van der Waals surface area contributed by atoms with Crippen LogP contribution in [0, 0.1) is 20.8 Å². The average Bonchev–Trinajstić information content (AvgIpc) is 2.34. The molecule has 0 N–H and O–H groups in total. The van der Waals surface area contributed by atoms with Crippen LogP contribution in [0.4, 0.5) is 0 Å². The van der Waals surface area contributed by atoms with Crippen molar-refractivity contribution in [2.75, 3.05) is 0 Å². The number of pyridine rings is 1. The molecule has 2 aromatic rings. The zero-order chi connectivity index (χ0) is 13.1. The number of aryl methyl sites for hydroxylation is 3. The van der Waals surface area contributed by atoms with E-state index >= 15 is 0 Å². The zero-order valence-electron chi connectivity index (χ0n) is 11.0. The maximum absolute atomic E-state index is 12.2. The van der Waals surface area contributed by atoms with Gasteiger partial charge in [-0.15, -0.1) is 0 Å². The number of Topliss-reactive ketones (excluding diaryl/α,β-unsaturated/α-hetero) is 1. The van der Waals surface area contributed by atoms with Gasteiger partial charge in [-0.3, -0.25) is 9.78 Å². The summed E-state index contributed by atoms with van der Waals surface area (Å²) in [4.78, 5) is 16.4. The maximum Gasteiger partial charge on any atom is 0.185 e. The van der Waals surface area contributed by atoms with Crippen molar-refractivity contribution in [3.63, 3.8) is 0 Å². The van der Waals surface area contributed by atoms with Crippen LogP contribution in [0.5, 0.6) is 0 Å². The van der Waals surface area contributed by atoms with Gasteiger partial charge < -0.3 is 0 Å². The van der Waals surface area contributed by atoms with Crippen LogP contribution in [0.25, 0.3) is 0 Å². The molecular weight excluding hydrogens is 222 g/mol. The SMILES string of the molecule is Cc1ccnc(C(=O)Cc2c(C)cccc2C)c1. The van der Waals surface area contributed by atoms with Crippen LogP contribution < -0.4 is 0 Å². The quantitative estimate of drug-likeness (QED) is 0.768. The Hall–Kier alpha value is -1.96. The second-order valence-corrected chi connectivity index (χ2v) is 4.69. The first-order valence-corrected chi connectivity index (χ1v) is 6.09. The Balaban J connectivity index is 2.27. The van der Waals surface area contributed by atoms with Crippen molar-refractivity contribution < 1.29 is 4.79 Å². The van der Waals surface area contributed by atoms with Crippen molar-refractivity contribution in [2.45, 2.75) is 27.2 Å². The van der Waals surface area contributed by atoms with Crippen molar-refractivity contribution in [3.8, 4) is 0 Å². The van der Waals surface area contributed by atoms with Gasteiger partial charge in [-0.05, 0) is 55.2 Å². The van der Waals surface area contributed by atoms with Crippen molar-refractivity contribution in [3.05, 3.63) is 64.5 Å². The fourth-order valence-corrected chi connectivity index (χ4v) is 2.07. The van der Waals surface area contributed by atoms with Crippen LogP contribution in [-0.2, 0) is 6.42 Å². The summed E-state index contributed by atoms with van der Waals surface area (Å²) in [6.45, 7) is 6.05. The van der Waals surface area contributed by atoms with Crippen molar-refractivity contribution >= 4 is 5.78 Å². The molecule has 0 saturated carbocycles. The Morgan fingerprint density at radius 2 is 1.78 bits per heavy atom. The van der Waals surface area contributed by atoms with E-state index in [0.717, 1.165) is 22.3 Å². The average molecular weight is 239 g/mol. The Morgan fingerprint density at radius 3 is 2.39 bits per heavy atom. The van der Waals surface area contributed by atoms with Gasteiger partial charge in [0.15, 0.2) is 5.78 Å². The van der Waals surface area contributed by atoms with Crippen molar-refractivity contribution in [1.82, 2.24) is 4.98 Å². The lowest BCUT2D eigenvalue weighted by Crippen LogP contribution is -2.08. The van der Waals surface area contributed by atoms with Gasteiger partial charge in [0, 0.05) is 12.6 Å². The molecule has 0 fully saturated rings. The molecule has 1 heterocycles. The molecule has 0 radical (unpaired) electrons. The van der Waals surface area contributed by atoms with Gasteiger partial charge in [0.25, 0.3) is 0 Å². The highest BCUT2D eigenvalue weighted by Crippen LogP contribution is 2.16. The number of carbonyl (C=O) groups is 1. The summed E-state index contributed by atoms with van der Waals surface area (Å²) >= 11 is 0. The topological polar surface area (TPSA) is 30.0 Å². The Kier molecular flexibility index (Phi) is 3.56. The summed E-state index contributed by atoms with van der Waals surface area (Å²) in [5.74, 6) is 0.0797. The monoisotopic (exact) mass is 239 g/mol. The molecular formula is C16H17NO. The number of carbonyl (C=O) groups excluding carboxylic acids is 1. The molecule has 1 aromatic carbocycles. The van der Waals surface area contributed by atoms with Crippen LogP contribution in [0.3, 0.4) is 0 Å². The van der Waals surface area contributed by atoms with E-state index in [9.17, 15) is 4.79 Å². The van der Waals surface area contributed by atoms with E-state index in [1.54, 1.807) is 6.20 Å². The summed E-state index contributed by atoms with van der Waals surface area (Å²) < 4.78 is 0. The molecule has 2 nitrogen and oxygen atoms in total. The third-order valence-electron chi connectivity index (χ3n) is 3.18. The van der Waals surface area contributed by atoms with Gasteiger partial charge in [0.2, 0.25) is 0 Å². The molecule has 2 heteroatoms. The highest BCUT2D eigenvalue weighted by atomic mass is 16.1. The normalized spacial score (nSPS) is 10.4. The summed E-state index contributed by atoms with van der Waals surface area (Å²) in [5, 5.41) is 0. The Bertz CT molecular complexity index is 567. The van der Waals surface area contributed by atoms with E-state index in [-0.39, 0.29) is 5.78 Å². The lowest BCUT2D eigenvalue weighted by molar-refractivity contribution is 0.0987. The number of rotatable bonds is 3. The highest BCUT2D eigenvalue weighted by molar-refractivity contribution is 5.96. The molecule has 0 aliphatic carbocycles. The van der Waals surface area contributed by atoms with Gasteiger partial charge in [-0.1, -0.05) is 18.2 Å². The molecule has 0 aliphatic rings. The maximum atomic E-state index is 12.2. The molecule has 0 amide bonds.